The Morgan fingerprint density at radius 2 is 1.88 bits per heavy atom. The lowest BCUT2D eigenvalue weighted by Gasteiger charge is -2.30. The van der Waals surface area contributed by atoms with Crippen molar-refractivity contribution in [2.24, 2.45) is 0 Å². The largest absolute Gasteiger partial charge is 0.393 e. The minimum atomic E-state index is 0.534. The van der Waals surface area contributed by atoms with E-state index in [4.69, 9.17) is 5.73 Å². The van der Waals surface area contributed by atoms with Gasteiger partial charge in [0.05, 0.1) is 0 Å². The predicted octanol–water partition coefficient (Wildman–Crippen LogP) is 3.52. The fourth-order valence-electron chi connectivity index (χ4n) is 2.99. The van der Waals surface area contributed by atoms with E-state index >= 15 is 0 Å². The first kappa shape index (κ1) is 15.8. The SMILES string of the molecule is Nc1c(Nc2ccc(Br)cn2)ncnc1N1CCc2ccccc2C1. The molecule has 0 saturated carbocycles. The lowest BCUT2D eigenvalue weighted by molar-refractivity contribution is 0.721. The quantitative estimate of drug-likeness (QED) is 0.704. The van der Waals surface area contributed by atoms with Crippen molar-refractivity contribution in [3.8, 4) is 0 Å². The molecule has 4 rings (SSSR count). The van der Waals surface area contributed by atoms with E-state index in [1.807, 2.05) is 12.1 Å². The summed E-state index contributed by atoms with van der Waals surface area (Å²) in [4.78, 5) is 15.2. The monoisotopic (exact) mass is 396 g/mol. The van der Waals surface area contributed by atoms with Gasteiger partial charge in [0.15, 0.2) is 11.6 Å². The molecule has 126 valence electrons. The minimum absolute atomic E-state index is 0.534. The Hall–Kier alpha value is -2.67. The van der Waals surface area contributed by atoms with Crippen molar-refractivity contribution < 1.29 is 0 Å². The number of nitrogens with two attached hydrogens (primary N) is 1. The predicted molar refractivity (Wildman–Crippen MR) is 103 cm³/mol. The molecular formula is C18H17BrN6. The van der Waals surface area contributed by atoms with E-state index in [1.54, 1.807) is 6.20 Å². The Morgan fingerprint density at radius 1 is 1.04 bits per heavy atom. The molecule has 0 unspecified atom stereocenters. The van der Waals surface area contributed by atoms with Crippen molar-refractivity contribution in [3.63, 3.8) is 0 Å². The van der Waals surface area contributed by atoms with Crippen LogP contribution in [-0.2, 0) is 13.0 Å². The zero-order chi connectivity index (χ0) is 17.2. The number of benzene rings is 1. The Morgan fingerprint density at radius 3 is 2.68 bits per heavy atom. The smallest absolute Gasteiger partial charge is 0.160 e. The number of hydrogen-bond acceptors (Lipinski definition) is 6. The maximum absolute atomic E-state index is 6.35. The number of halogens is 1. The molecule has 0 radical (unpaired) electrons. The molecule has 3 heterocycles. The summed E-state index contributed by atoms with van der Waals surface area (Å²) in [6, 6.07) is 12.3. The minimum Gasteiger partial charge on any atom is -0.393 e. The van der Waals surface area contributed by atoms with E-state index in [2.05, 4.69) is 65.4 Å². The zero-order valence-corrected chi connectivity index (χ0v) is 15.1. The average Bonchev–Trinajstić information content (AvgIpc) is 2.65. The Bertz CT molecular complexity index is 896. The number of rotatable bonds is 3. The second-order valence-corrected chi connectivity index (χ2v) is 6.80. The molecule has 0 bridgehead atoms. The van der Waals surface area contributed by atoms with Gasteiger partial charge in [0.25, 0.3) is 0 Å². The number of fused-ring (bicyclic) bond motifs is 1. The highest BCUT2D eigenvalue weighted by atomic mass is 79.9. The van der Waals surface area contributed by atoms with Gasteiger partial charge in [0.1, 0.15) is 17.8 Å². The second-order valence-electron chi connectivity index (χ2n) is 5.89. The Kier molecular flexibility index (Phi) is 4.23. The molecule has 6 nitrogen and oxygen atoms in total. The van der Waals surface area contributed by atoms with E-state index in [-0.39, 0.29) is 0 Å². The van der Waals surface area contributed by atoms with Crippen LogP contribution in [0.4, 0.5) is 23.1 Å². The molecule has 0 atom stereocenters. The summed E-state index contributed by atoms with van der Waals surface area (Å²) >= 11 is 3.38. The van der Waals surface area contributed by atoms with Gasteiger partial charge in [0, 0.05) is 23.8 Å². The van der Waals surface area contributed by atoms with E-state index in [9.17, 15) is 0 Å². The molecule has 0 saturated heterocycles. The maximum Gasteiger partial charge on any atom is 0.160 e. The topological polar surface area (TPSA) is 80.0 Å². The van der Waals surface area contributed by atoms with Crippen molar-refractivity contribution in [2.75, 3.05) is 22.5 Å². The summed E-state index contributed by atoms with van der Waals surface area (Å²) in [6.07, 6.45) is 4.24. The molecule has 3 aromatic rings. The normalized spacial score (nSPS) is 13.4. The van der Waals surface area contributed by atoms with Crippen LogP contribution in [-0.4, -0.2) is 21.5 Å². The molecular weight excluding hydrogens is 380 g/mol. The maximum atomic E-state index is 6.35. The van der Waals surface area contributed by atoms with Crippen LogP contribution >= 0.6 is 15.9 Å². The molecule has 7 heteroatoms. The number of nitrogen functional groups attached to an aromatic ring is 1. The van der Waals surface area contributed by atoms with E-state index in [0.717, 1.165) is 29.8 Å². The number of anilines is 4. The van der Waals surface area contributed by atoms with Gasteiger partial charge in [-0.3, -0.25) is 0 Å². The summed E-state index contributed by atoms with van der Waals surface area (Å²) in [7, 11) is 0. The molecule has 25 heavy (non-hydrogen) atoms. The van der Waals surface area contributed by atoms with Crippen LogP contribution < -0.4 is 16.0 Å². The molecule has 1 aliphatic heterocycles. The molecule has 2 aromatic heterocycles. The number of aromatic nitrogens is 3. The van der Waals surface area contributed by atoms with Gasteiger partial charge in [-0.1, -0.05) is 24.3 Å². The Balaban J connectivity index is 1.60. The molecule has 0 aliphatic carbocycles. The first-order valence-electron chi connectivity index (χ1n) is 8.01. The zero-order valence-electron chi connectivity index (χ0n) is 13.5. The standard InChI is InChI=1S/C18H17BrN6/c19-14-5-6-15(21-9-14)24-17-16(20)18(23-11-22-17)25-8-7-12-3-1-2-4-13(12)10-25/h1-6,9,11H,7-8,10,20H2,(H,21,22,23,24). The van der Waals surface area contributed by atoms with Crippen molar-refractivity contribution in [2.45, 2.75) is 13.0 Å². The van der Waals surface area contributed by atoms with Gasteiger partial charge in [0.2, 0.25) is 0 Å². The van der Waals surface area contributed by atoms with Crippen LogP contribution in [0.3, 0.4) is 0 Å². The van der Waals surface area contributed by atoms with Crippen molar-refractivity contribution >= 4 is 39.1 Å². The molecule has 1 aliphatic rings. The molecule has 0 amide bonds. The fraction of sp³-hybridized carbons (Fsp3) is 0.167. The molecule has 3 N–H and O–H groups in total. The van der Waals surface area contributed by atoms with Gasteiger partial charge >= 0.3 is 0 Å². The molecule has 1 aromatic carbocycles. The van der Waals surface area contributed by atoms with Gasteiger partial charge in [-0.2, -0.15) is 0 Å². The summed E-state index contributed by atoms with van der Waals surface area (Å²) in [5.74, 6) is 2.01. The summed E-state index contributed by atoms with van der Waals surface area (Å²) < 4.78 is 0.918. The highest BCUT2D eigenvalue weighted by molar-refractivity contribution is 9.10. The Labute approximate surface area is 154 Å². The highest BCUT2D eigenvalue weighted by Crippen LogP contribution is 2.31. The van der Waals surface area contributed by atoms with Crippen LogP contribution in [0.2, 0.25) is 0 Å². The van der Waals surface area contributed by atoms with Crippen LogP contribution in [0.1, 0.15) is 11.1 Å². The van der Waals surface area contributed by atoms with E-state index < -0.39 is 0 Å². The van der Waals surface area contributed by atoms with Crippen molar-refractivity contribution in [1.29, 1.82) is 0 Å². The van der Waals surface area contributed by atoms with Crippen LogP contribution in [0.25, 0.3) is 0 Å². The van der Waals surface area contributed by atoms with Gasteiger partial charge in [-0.05, 0) is 45.6 Å². The van der Waals surface area contributed by atoms with Crippen LogP contribution in [0, 0.1) is 0 Å². The third-order valence-electron chi connectivity index (χ3n) is 4.27. The molecule has 0 fully saturated rings. The van der Waals surface area contributed by atoms with E-state index in [1.165, 1.54) is 17.5 Å². The van der Waals surface area contributed by atoms with Crippen LogP contribution in [0.15, 0.2) is 53.4 Å². The van der Waals surface area contributed by atoms with Gasteiger partial charge in [-0.15, -0.1) is 0 Å². The third-order valence-corrected chi connectivity index (χ3v) is 4.74. The molecule has 0 spiro atoms. The number of nitrogens with one attached hydrogen (secondary N) is 1. The first-order chi connectivity index (χ1) is 12.2. The summed E-state index contributed by atoms with van der Waals surface area (Å²) in [5, 5.41) is 3.16. The lowest BCUT2D eigenvalue weighted by Crippen LogP contribution is -2.31. The van der Waals surface area contributed by atoms with E-state index in [0.29, 0.717) is 17.3 Å². The number of hydrogen-bond donors (Lipinski definition) is 2. The third kappa shape index (κ3) is 3.28. The average molecular weight is 397 g/mol. The van der Waals surface area contributed by atoms with Crippen molar-refractivity contribution in [1.82, 2.24) is 15.0 Å². The van der Waals surface area contributed by atoms with Crippen molar-refractivity contribution in [3.05, 3.63) is 64.5 Å². The second kappa shape index (κ2) is 6.68. The number of nitrogens with zero attached hydrogens (tertiary/aromatic N) is 4. The summed E-state index contributed by atoms with van der Waals surface area (Å²) in [6.45, 7) is 1.68. The van der Waals surface area contributed by atoms with Gasteiger partial charge < -0.3 is 16.0 Å². The highest BCUT2D eigenvalue weighted by Gasteiger charge is 2.20. The van der Waals surface area contributed by atoms with Crippen LogP contribution in [0.5, 0.6) is 0 Å². The fourth-order valence-corrected chi connectivity index (χ4v) is 3.22. The van der Waals surface area contributed by atoms with Gasteiger partial charge in [-0.25, -0.2) is 15.0 Å². The number of pyridine rings is 1. The first-order valence-corrected chi connectivity index (χ1v) is 8.81. The lowest BCUT2D eigenvalue weighted by atomic mass is 10.00. The summed E-state index contributed by atoms with van der Waals surface area (Å²) in [5.41, 5.74) is 9.59.